The molecule has 0 aromatic carbocycles. The molecule has 1 saturated carbocycles. The van der Waals surface area contributed by atoms with E-state index in [-0.39, 0.29) is 0 Å². The molecule has 2 N–H and O–H groups in total. The highest BCUT2D eigenvalue weighted by Crippen LogP contribution is 2.35. The molecule has 0 bridgehead atoms. The Hall–Kier alpha value is -0.120. The normalized spacial score (nSPS) is 41.4. The second kappa shape index (κ2) is 3.47. The van der Waals surface area contributed by atoms with Gasteiger partial charge in [-0.05, 0) is 19.9 Å². The molecule has 0 aromatic heterocycles. The first-order valence-electron chi connectivity index (χ1n) is 5.56. The predicted molar refractivity (Wildman–Crippen MR) is 57.1 cm³/mol. The smallest absolute Gasteiger partial charge is 0.0628 e. The monoisotopic (exact) mass is 198 g/mol. The van der Waals surface area contributed by atoms with Gasteiger partial charge in [0.05, 0.1) is 13.2 Å². The second-order valence-electron chi connectivity index (χ2n) is 5.57. The van der Waals surface area contributed by atoms with E-state index in [0.717, 1.165) is 26.1 Å². The van der Waals surface area contributed by atoms with E-state index in [1.807, 2.05) is 0 Å². The maximum atomic E-state index is 5.82. The molecule has 2 aliphatic rings. The number of nitrogens with two attached hydrogens (primary N) is 1. The Bertz CT molecular complexity index is 211. The summed E-state index contributed by atoms with van der Waals surface area (Å²) in [6.45, 7) is 6.36. The molecule has 1 aliphatic carbocycles. The van der Waals surface area contributed by atoms with E-state index in [0.29, 0.717) is 23.5 Å². The van der Waals surface area contributed by atoms with Gasteiger partial charge >= 0.3 is 0 Å². The Kier molecular flexibility index (Phi) is 2.58. The molecule has 3 nitrogen and oxygen atoms in total. The van der Waals surface area contributed by atoms with E-state index in [9.17, 15) is 0 Å². The minimum absolute atomic E-state index is 0.300. The van der Waals surface area contributed by atoms with Crippen LogP contribution in [0.4, 0.5) is 0 Å². The molecule has 82 valence electrons. The maximum Gasteiger partial charge on any atom is 0.0628 e. The average molecular weight is 198 g/mol. The number of likely N-dealkylation sites (N-methyl/N-ethyl adjacent to an activating group) is 1. The lowest BCUT2D eigenvalue weighted by atomic mass is 9.81. The van der Waals surface area contributed by atoms with Crippen LogP contribution in [0.3, 0.4) is 0 Å². The van der Waals surface area contributed by atoms with Gasteiger partial charge in [-0.15, -0.1) is 0 Å². The van der Waals surface area contributed by atoms with Crippen molar-refractivity contribution < 1.29 is 4.74 Å². The van der Waals surface area contributed by atoms with Crippen molar-refractivity contribution in [2.45, 2.75) is 44.8 Å². The first-order chi connectivity index (χ1) is 6.50. The summed E-state index contributed by atoms with van der Waals surface area (Å²) in [5, 5.41) is 0. The van der Waals surface area contributed by atoms with Gasteiger partial charge in [0.15, 0.2) is 0 Å². The van der Waals surface area contributed by atoms with Gasteiger partial charge in [0, 0.05) is 23.5 Å². The SMILES string of the molecule is CN(C1CC(N)C1)C1COCC1(C)C. The first kappa shape index (κ1) is 10.4. The van der Waals surface area contributed by atoms with E-state index in [1.165, 1.54) is 0 Å². The molecule has 0 amide bonds. The van der Waals surface area contributed by atoms with Crippen molar-refractivity contribution >= 4 is 0 Å². The van der Waals surface area contributed by atoms with Gasteiger partial charge < -0.3 is 10.5 Å². The van der Waals surface area contributed by atoms with E-state index in [4.69, 9.17) is 10.5 Å². The Balaban J connectivity index is 1.94. The minimum Gasteiger partial charge on any atom is -0.379 e. The molecule has 3 heteroatoms. The Morgan fingerprint density at radius 2 is 2.00 bits per heavy atom. The fourth-order valence-electron chi connectivity index (χ4n) is 2.64. The van der Waals surface area contributed by atoms with Gasteiger partial charge in [0.2, 0.25) is 0 Å². The van der Waals surface area contributed by atoms with E-state index < -0.39 is 0 Å². The van der Waals surface area contributed by atoms with Gasteiger partial charge in [-0.3, -0.25) is 4.90 Å². The van der Waals surface area contributed by atoms with Crippen LogP contribution in [0.2, 0.25) is 0 Å². The van der Waals surface area contributed by atoms with Gasteiger partial charge in [-0.25, -0.2) is 0 Å². The zero-order valence-corrected chi connectivity index (χ0v) is 9.49. The molecule has 0 aromatic rings. The number of rotatable bonds is 2. The third-order valence-corrected chi connectivity index (χ3v) is 3.87. The molecule has 0 spiro atoms. The van der Waals surface area contributed by atoms with Crippen LogP contribution in [-0.2, 0) is 4.74 Å². The lowest BCUT2D eigenvalue weighted by molar-refractivity contribution is 0.0560. The summed E-state index contributed by atoms with van der Waals surface area (Å²) in [7, 11) is 2.22. The van der Waals surface area contributed by atoms with Crippen molar-refractivity contribution in [3.05, 3.63) is 0 Å². The van der Waals surface area contributed by atoms with Gasteiger partial charge in [-0.1, -0.05) is 13.8 Å². The van der Waals surface area contributed by atoms with Crippen LogP contribution < -0.4 is 5.73 Å². The largest absolute Gasteiger partial charge is 0.379 e. The van der Waals surface area contributed by atoms with Crippen LogP contribution in [0.5, 0.6) is 0 Å². The van der Waals surface area contributed by atoms with Crippen molar-refractivity contribution in [3.8, 4) is 0 Å². The molecular formula is C11H22N2O. The molecule has 1 unspecified atom stereocenters. The maximum absolute atomic E-state index is 5.82. The highest BCUT2D eigenvalue weighted by atomic mass is 16.5. The molecule has 1 atom stereocenters. The molecule has 1 heterocycles. The topological polar surface area (TPSA) is 38.5 Å². The molecule has 14 heavy (non-hydrogen) atoms. The first-order valence-corrected chi connectivity index (χ1v) is 5.56. The standard InChI is InChI=1S/C11H22N2O/c1-11(2)7-14-6-10(11)13(3)9-4-8(12)5-9/h8-10H,4-7,12H2,1-3H3. The lowest BCUT2D eigenvalue weighted by Gasteiger charge is -2.45. The number of hydrogen-bond donors (Lipinski definition) is 1. The molecule has 2 fully saturated rings. The summed E-state index contributed by atoms with van der Waals surface area (Å²) < 4.78 is 5.57. The summed E-state index contributed by atoms with van der Waals surface area (Å²) in [4.78, 5) is 2.48. The number of nitrogens with zero attached hydrogens (tertiary/aromatic N) is 1. The zero-order valence-electron chi connectivity index (χ0n) is 9.49. The molecule has 1 saturated heterocycles. The second-order valence-corrected chi connectivity index (χ2v) is 5.57. The van der Waals surface area contributed by atoms with Gasteiger partial charge in [0.25, 0.3) is 0 Å². The van der Waals surface area contributed by atoms with Crippen LogP contribution in [0, 0.1) is 5.41 Å². The van der Waals surface area contributed by atoms with Crippen molar-refractivity contribution in [2.24, 2.45) is 11.1 Å². The Labute approximate surface area is 86.6 Å². The third-order valence-electron chi connectivity index (χ3n) is 3.87. The summed E-state index contributed by atoms with van der Waals surface area (Å²) >= 11 is 0. The quantitative estimate of drug-likeness (QED) is 0.714. The molecular weight excluding hydrogens is 176 g/mol. The minimum atomic E-state index is 0.300. The zero-order chi connectivity index (χ0) is 10.3. The molecule has 0 radical (unpaired) electrons. The summed E-state index contributed by atoms with van der Waals surface area (Å²) in [5.74, 6) is 0. The summed E-state index contributed by atoms with van der Waals surface area (Å²) in [6, 6.07) is 1.70. The fourth-order valence-corrected chi connectivity index (χ4v) is 2.64. The summed E-state index contributed by atoms with van der Waals surface area (Å²) in [6.07, 6.45) is 2.31. The summed E-state index contributed by atoms with van der Waals surface area (Å²) in [5.41, 5.74) is 6.12. The highest BCUT2D eigenvalue weighted by Gasteiger charge is 2.42. The van der Waals surface area contributed by atoms with Crippen LogP contribution >= 0.6 is 0 Å². The van der Waals surface area contributed by atoms with Crippen molar-refractivity contribution in [1.82, 2.24) is 4.90 Å². The highest BCUT2D eigenvalue weighted by molar-refractivity contribution is 4.96. The molecule has 2 rings (SSSR count). The third kappa shape index (κ3) is 1.69. The fraction of sp³-hybridized carbons (Fsp3) is 1.00. The predicted octanol–water partition coefficient (Wildman–Crippen LogP) is 0.833. The van der Waals surface area contributed by atoms with Crippen LogP contribution in [-0.4, -0.2) is 43.3 Å². The Morgan fingerprint density at radius 3 is 2.43 bits per heavy atom. The van der Waals surface area contributed by atoms with Crippen molar-refractivity contribution in [1.29, 1.82) is 0 Å². The average Bonchev–Trinajstić information content (AvgIpc) is 2.38. The number of hydrogen-bond acceptors (Lipinski definition) is 3. The van der Waals surface area contributed by atoms with Gasteiger partial charge in [0.1, 0.15) is 0 Å². The van der Waals surface area contributed by atoms with E-state index in [1.54, 1.807) is 0 Å². The van der Waals surface area contributed by atoms with Crippen molar-refractivity contribution in [3.63, 3.8) is 0 Å². The molecule has 1 aliphatic heterocycles. The van der Waals surface area contributed by atoms with Gasteiger partial charge in [-0.2, -0.15) is 0 Å². The van der Waals surface area contributed by atoms with Crippen LogP contribution in [0.1, 0.15) is 26.7 Å². The Morgan fingerprint density at radius 1 is 1.36 bits per heavy atom. The van der Waals surface area contributed by atoms with Crippen LogP contribution in [0.15, 0.2) is 0 Å². The van der Waals surface area contributed by atoms with E-state index in [2.05, 4.69) is 25.8 Å². The lowest BCUT2D eigenvalue weighted by Crippen LogP contribution is -2.55. The van der Waals surface area contributed by atoms with E-state index >= 15 is 0 Å². The van der Waals surface area contributed by atoms with Crippen LogP contribution in [0.25, 0.3) is 0 Å². The number of ether oxygens (including phenoxy) is 1. The van der Waals surface area contributed by atoms with Crippen molar-refractivity contribution in [2.75, 3.05) is 20.3 Å².